The van der Waals surface area contributed by atoms with Crippen molar-refractivity contribution in [3.8, 4) is 0 Å². The number of hydrogen-bond donors (Lipinski definition) is 1. The Bertz CT molecular complexity index is 821. The van der Waals surface area contributed by atoms with E-state index in [0.29, 0.717) is 11.4 Å². The van der Waals surface area contributed by atoms with E-state index in [1.54, 1.807) is 0 Å². The van der Waals surface area contributed by atoms with Gasteiger partial charge in [-0.1, -0.05) is 66.2 Å². The van der Waals surface area contributed by atoms with Gasteiger partial charge < -0.3 is 5.32 Å². The summed E-state index contributed by atoms with van der Waals surface area (Å²) >= 11 is 5.90. The minimum Gasteiger partial charge on any atom is -0.349 e. The highest BCUT2D eigenvalue weighted by Crippen LogP contribution is 2.20. The van der Waals surface area contributed by atoms with E-state index in [1.807, 2.05) is 55.5 Å². The Balaban J connectivity index is 1.72. The van der Waals surface area contributed by atoms with Gasteiger partial charge in [-0.15, -0.1) is 0 Å². The van der Waals surface area contributed by atoms with Gasteiger partial charge in [-0.25, -0.2) is 0 Å². The Morgan fingerprint density at radius 1 is 1.00 bits per heavy atom. The van der Waals surface area contributed by atoms with Gasteiger partial charge in [0, 0.05) is 5.02 Å². The van der Waals surface area contributed by atoms with Gasteiger partial charge in [0.25, 0.3) is 0 Å². The average Bonchev–Trinajstić information content (AvgIpc) is 2.55. The van der Waals surface area contributed by atoms with Gasteiger partial charge in [-0.2, -0.15) is 0 Å². The molecule has 0 unspecified atom stereocenters. The van der Waals surface area contributed by atoms with Crippen molar-refractivity contribution in [2.45, 2.75) is 19.4 Å². The van der Waals surface area contributed by atoms with Crippen molar-refractivity contribution in [3.63, 3.8) is 0 Å². The van der Waals surface area contributed by atoms with Crippen LogP contribution in [0.3, 0.4) is 0 Å². The van der Waals surface area contributed by atoms with Crippen molar-refractivity contribution < 1.29 is 4.79 Å². The third-order valence-electron chi connectivity index (χ3n) is 3.98. The van der Waals surface area contributed by atoms with E-state index in [2.05, 4.69) is 23.5 Å². The van der Waals surface area contributed by atoms with Crippen molar-refractivity contribution in [1.29, 1.82) is 0 Å². The van der Waals surface area contributed by atoms with Crippen molar-refractivity contribution in [3.05, 3.63) is 82.9 Å². The molecule has 0 fully saturated rings. The fourth-order valence-electron chi connectivity index (χ4n) is 2.75. The third-order valence-corrected chi connectivity index (χ3v) is 4.23. The number of amides is 1. The second kappa shape index (κ2) is 6.84. The van der Waals surface area contributed by atoms with Crippen LogP contribution in [0.5, 0.6) is 0 Å². The normalized spacial score (nSPS) is 12.1. The number of carbonyl (C=O) groups is 1. The Kier molecular flexibility index (Phi) is 4.63. The number of halogens is 1. The predicted molar refractivity (Wildman–Crippen MR) is 95.7 cm³/mol. The molecule has 0 saturated carbocycles. The molecule has 3 heteroatoms. The molecule has 3 aromatic carbocycles. The molecule has 1 N–H and O–H groups in total. The minimum atomic E-state index is -0.0465. The van der Waals surface area contributed by atoms with E-state index in [4.69, 9.17) is 11.6 Å². The van der Waals surface area contributed by atoms with E-state index in [9.17, 15) is 4.79 Å². The van der Waals surface area contributed by atoms with Gasteiger partial charge >= 0.3 is 0 Å². The molecule has 116 valence electrons. The standard InChI is InChI=1S/C20H18ClNO/c1-14(15-9-11-18(21)12-10-15)22-20(23)13-17-7-4-6-16-5-2-3-8-19(16)17/h2-12,14H,13H2,1H3,(H,22,23)/t14-/m0/s1. The summed E-state index contributed by atoms with van der Waals surface area (Å²) in [5.74, 6) is 0.0174. The van der Waals surface area contributed by atoms with Crippen LogP contribution in [0.2, 0.25) is 5.02 Å². The average molecular weight is 324 g/mol. The van der Waals surface area contributed by atoms with Crippen molar-refractivity contribution in [2.24, 2.45) is 0 Å². The molecule has 0 radical (unpaired) electrons. The van der Waals surface area contributed by atoms with Gasteiger partial charge in [0.05, 0.1) is 12.5 Å². The van der Waals surface area contributed by atoms with Crippen LogP contribution >= 0.6 is 11.6 Å². The van der Waals surface area contributed by atoms with Gasteiger partial charge in [-0.3, -0.25) is 4.79 Å². The smallest absolute Gasteiger partial charge is 0.224 e. The Morgan fingerprint density at radius 2 is 1.70 bits per heavy atom. The molecule has 0 heterocycles. The van der Waals surface area contributed by atoms with Crippen LogP contribution in [0.1, 0.15) is 24.1 Å². The number of benzene rings is 3. The Labute approximate surface area is 141 Å². The van der Waals surface area contributed by atoms with Crippen LogP contribution in [-0.2, 0) is 11.2 Å². The van der Waals surface area contributed by atoms with Crippen LogP contribution < -0.4 is 5.32 Å². The lowest BCUT2D eigenvalue weighted by molar-refractivity contribution is -0.121. The molecule has 0 aliphatic rings. The first kappa shape index (κ1) is 15.6. The summed E-state index contributed by atoms with van der Waals surface area (Å²) < 4.78 is 0. The van der Waals surface area contributed by atoms with E-state index in [0.717, 1.165) is 21.9 Å². The molecule has 2 nitrogen and oxygen atoms in total. The fourth-order valence-corrected chi connectivity index (χ4v) is 2.87. The number of nitrogens with one attached hydrogen (secondary N) is 1. The maximum absolute atomic E-state index is 12.4. The lowest BCUT2D eigenvalue weighted by atomic mass is 10.0. The molecule has 0 bridgehead atoms. The molecule has 0 aliphatic heterocycles. The molecular formula is C20H18ClNO. The topological polar surface area (TPSA) is 29.1 Å². The molecular weight excluding hydrogens is 306 g/mol. The Hall–Kier alpha value is -2.32. The van der Waals surface area contributed by atoms with Crippen LogP contribution in [0.4, 0.5) is 0 Å². The van der Waals surface area contributed by atoms with E-state index in [-0.39, 0.29) is 11.9 Å². The molecule has 1 amide bonds. The lowest BCUT2D eigenvalue weighted by Gasteiger charge is -2.15. The van der Waals surface area contributed by atoms with Crippen LogP contribution in [-0.4, -0.2) is 5.91 Å². The largest absolute Gasteiger partial charge is 0.349 e. The first-order valence-electron chi connectivity index (χ1n) is 7.65. The third kappa shape index (κ3) is 3.72. The second-order valence-corrected chi connectivity index (χ2v) is 6.09. The summed E-state index contributed by atoms with van der Waals surface area (Å²) in [6, 6.07) is 21.7. The minimum absolute atomic E-state index is 0.0174. The lowest BCUT2D eigenvalue weighted by Crippen LogP contribution is -2.28. The predicted octanol–water partition coefficient (Wildman–Crippen LogP) is 4.91. The first-order valence-corrected chi connectivity index (χ1v) is 8.03. The Morgan fingerprint density at radius 3 is 2.48 bits per heavy atom. The SMILES string of the molecule is C[C@H](NC(=O)Cc1cccc2ccccc12)c1ccc(Cl)cc1. The molecule has 0 aromatic heterocycles. The monoisotopic (exact) mass is 323 g/mol. The van der Waals surface area contributed by atoms with Gasteiger partial charge in [0.1, 0.15) is 0 Å². The van der Waals surface area contributed by atoms with E-state index < -0.39 is 0 Å². The molecule has 3 rings (SSSR count). The highest BCUT2D eigenvalue weighted by atomic mass is 35.5. The second-order valence-electron chi connectivity index (χ2n) is 5.66. The molecule has 1 atom stereocenters. The number of carbonyl (C=O) groups excluding carboxylic acids is 1. The maximum atomic E-state index is 12.4. The summed E-state index contributed by atoms with van der Waals surface area (Å²) in [6.07, 6.45) is 0.374. The van der Waals surface area contributed by atoms with Crippen LogP contribution in [0.15, 0.2) is 66.7 Å². The zero-order valence-corrected chi connectivity index (χ0v) is 13.7. The van der Waals surface area contributed by atoms with Gasteiger partial charge in [0.15, 0.2) is 0 Å². The van der Waals surface area contributed by atoms with Crippen LogP contribution in [0, 0.1) is 0 Å². The number of fused-ring (bicyclic) bond motifs is 1. The van der Waals surface area contributed by atoms with Crippen molar-refractivity contribution in [2.75, 3.05) is 0 Å². The quantitative estimate of drug-likeness (QED) is 0.726. The maximum Gasteiger partial charge on any atom is 0.224 e. The van der Waals surface area contributed by atoms with Crippen molar-refractivity contribution in [1.82, 2.24) is 5.32 Å². The molecule has 0 saturated heterocycles. The van der Waals surface area contributed by atoms with Gasteiger partial charge in [0.2, 0.25) is 5.91 Å². The highest BCUT2D eigenvalue weighted by Gasteiger charge is 2.11. The highest BCUT2D eigenvalue weighted by molar-refractivity contribution is 6.30. The zero-order valence-electron chi connectivity index (χ0n) is 12.9. The summed E-state index contributed by atoms with van der Waals surface area (Å²) in [6.45, 7) is 1.98. The summed E-state index contributed by atoms with van der Waals surface area (Å²) in [5.41, 5.74) is 2.09. The zero-order chi connectivity index (χ0) is 16.2. The van der Waals surface area contributed by atoms with Gasteiger partial charge in [-0.05, 0) is 41.0 Å². The molecule has 0 aliphatic carbocycles. The van der Waals surface area contributed by atoms with Crippen molar-refractivity contribution >= 4 is 28.3 Å². The number of rotatable bonds is 4. The van der Waals surface area contributed by atoms with Crippen LogP contribution in [0.25, 0.3) is 10.8 Å². The first-order chi connectivity index (χ1) is 11.1. The molecule has 23 heavy (non-hydrogen) atoms. The number of hydrogen-bond acceptors (Lipinski definition) is 1. The molecule has 0 spiro atoms. The summed E-state index contributed by atoms with van der Waals surface area (Å²) in [4.78, 5) is 12.4. The van der Waals surface area contributed by atoms with E-state index >= 15 is 0 Å². The molecule has 3 aromatic rings. The summed E-state index contributed by atoms with van der Waals surface area (Å²) in [5, 5.41) is 6.03. The fraction of sp³-hybridized carbons (Fsp3) is 0.150. The summed E-state index contributed by atoms with van der Waals surface area (Å²) in [7, 11) is 0. The van der Waals surface area contributed by atoms with E-state index in [1.165, 1.54) is 0 Å².